The number of hydrogen-bond donors (Lipinski definition) is 1. The van der Waals surface area contributed by atoms with Crippen LogP contribution in [0, 0.1) is 6.92 Å². The quantitative estimate of drug-likeness (QED) is 0.631. The summed E-state index contributed by atoms with van der Waals surface area (Å²) in [7, 11) is 0. The predicted molar refractivity (Wildman–Crippen MR) is 128 cm³/mol. The third-order valence-electron chi connectivity index (χ3n) is 6.34. The van der Waals surface area contributed by atoms with Crippen molar-refractivity contribution in [2.24, 2.45) is 0 Å². The molecule has 0 saturated carbocycles. The number of ether oxygens (including phenoxy) is 2. The van der Waals surface area contributed by atoms with Crippen LogP contribution in [-0.4, -0.2) is 35.0 Å². The molecule has 34 heavy (non-hydrogen) atoms. The monoisotopic (exact) mass is 455 g/mol. The number of pyridine rings is 1. The van der Waals surface area contributed by atoms with E-state index in [1.165, 1.54) is 0 Å². The lowest BCUT2D eigenvalue weighted by atomic mass is 9.94. The molecule has 3 heterocycles. The molecule has 0 radical (unpaired) electrons. The average Bonchev–Trinajstić information content (AvgIpc) is 3.35. The molecule has 0 atom stereocenters. The summed E-state index contributed by atoms with van der Waals surface area (Å²) in [5.41, 5.74) is 6.21. The van der Waals surface area contributed by atoms with Crippen LogP contribution in [0.4, 0.5) is 0 Å². The SMILES string of the molecule is C=Cc1ccc(C(=O)N2CCc3c(cnc(C)c3CNC(=O)c3ccc4c(c3)OCO4)C2)cc1. The molecule has 3 aromatic rings. The van der Waals surface area contributed by atoms with E-state index in [1.807, 2.05) is 42.3 Å². The number of benzene rings is 2. The second-order valence-electron chi connectivity index (χ2n) is 8.38. The molecule has 7 heteroatoms. The van der Waals surface area contributed by atoms with Crippen LogP contribution in [0.5, 0.6) is 11.5 Å². The fourth-order valence-electron chi connectivity index (χ4n) is 4.38. The largest absolute Gasteiger partial charge is 0.454 e. The maximum atomic E-state index is 13.0. The first kappa shape index (κ1) is 21.7. The van der Waals surface area contributed by atoms with Crippen LogP contribution < -0.4 is 14.8 Å². The molecule has 0 aliphatic carbocycles. The minimum Gasteiger partial charge on any atom is -0.454 e. The van der Waals surface area contributed by atoms with Crippen molar-refractivity contribution in [3.63, 3.8) is 0 Å². The van der Waals surface area contributed by atoms with Crippen LogP contribution in [0.25, 0.3) is 6.08 Å². The van der Waals surface area contributed by atoms with Crippen molar-refractivity contribution >= 4 is 17.9 Å². The molecule has 0 bridgehead atoms. The minimum absolute atomic E-state index is 0.000465. The molecule has 0 spiro atoms. The Labute approximate surface area is 198 Å². The van der Waals surface area contributed by atoms with E-state index in [2.05, 4.69) is 16.9 Å². The Bertz CT molecular complexity index is 1280. The molecule has 1 aromatic heterocycles. The molecule has 172 valence electrons. The third kappa shape index (κ3) is 4.12. The molecule has 0 saturated heterocycles. The Morgan fingerprint density at radius 2 is 1.88 bits per heavy atom. The number of nitrogens with zero attached hydrogens (tertiary/aromatic N) is 2. The van der Waals surface area contributed by atoms with Gasteiger partial charge in [-0.05, 0) is 65.9 Å². The number of nitrogens with one attached hydrogen (secondary N) is 1. The van der Waals surface area contributed by atoms with E-state index in [9.17, 15) is 9.59 Å². The average molecular weight is 456 g/mol. The number of fused-ring (bicyclic) bond motifs is 2. The van der Waals surface area contributed by atoms with Crippen LogP contribution in [-0.2, 0) is 19.5 Å². The minimum atomic E-state index is -0.189. The summed E-state index contributed by atoms with van der Waals surface area (Å²) in [6.07, 6.45) is 4.31. The molecule has 2 amide bonds. The number of aryl methyl sites for hydroxylation is 1. The van der Waals surface area contributed by atoms with Gasteiger partial charge in [0.1, 0.15) is 0 Å². The van der Waals surface area contributed by atoms with Crippen molar-refractivity contribution < 1.29 is 19.1 Å². The molecule has 2 aliphatic rings. The highest BCUT2D eigenvalue weighted by Gasteiger charge is 2.25. The highest BCUT2D eigenvalue weighted by atomic mass is 16.7. The Balaban J connectivity index is 1.30. The van der Waals surface area contributed by atoms with Gasteiger partial charge in [-0.2, -0.15) is 0 Å². The van der Waals surface area contributed by atoms with E-state index in [0.29, 0.717) is 48.7 Å². The van der Waals surface area contributed by atoms with Gasteiger partial charge in [-0.3, -0.25) is 14.6 Å². The fourth-order valence-corrected chi connectivity index (χ4v) is 4.38. The Hall–Kier alpha value is -4.13. The summed E-state index contributed by atoms with van der Waals surface area (Å²) in [6, 6.07) is 12.6. The van der Waals surface area contributed by atoms with Crippen LogP contribution in [0.1, 0.15) is 48.7 Å². The molecular weight excluding hydrogens is 430 g/mol. The van der Waals surface area contributed by atoms with Crippen molar-refractivity contribution in [3.05, 3.63) is 94.3 Å². The number of rotatable bonds is 5. The second kappa shape index (κ2) is 9.02. The third-order valence-corrected chi connectivity index (χ3v) is 6.34. The van der Waals surface area contributed by atoms with Crippen LogP contribution in [0.15, 0.2) is 55.2 Å². The highest BCUT2D eigenvalue weighted by Crippen LogP contribution is 2.32. The Morgan fingerprint density at radius 1 is 1.12 bits per heavy atom. The zero-order valence-electron chi connectivity index (χ0n) is 19.0. The van der Waals surface area contributed by atoms with Gasteiger partial charge in [0.05, 0.1) is 0 Å². The van der Waals surface area contributed by atoms with Crippen LogP contribution >= 0.6 is 0 Å². The standard InChI is InChI=1S/C27H25N3O4/c1-3-18-4-6-19(7-5-18)27(32)30-11-10-22-21(15-30)13-28-17(2)23(22)14-29-26(31)20-8-9-24-25(12-20)34-16-33-24/h3-9,12-13H,1,10-11,14-16H2,2H3,(H,29,31). The summed E-state index contributed by atoms with van der Waals surface area (Å²) in [4.78, 5) is 32.2. The zero-order chi connectivity index (χ0) is 23.7. The van der Waals surface area contributed by atoms with E-state index in [4.69, 9.17) is 9.47 Å². The molecule has 5 rings (SSSR count). The van der Waals surface area contributed by atoms with Crippen molar-refractivity contribution in [1.29, 1.82) is 0 Å². The van der Waals surface area contributed by atoms with Crippen molar-refractivity contribution in [2.75, 3.05) is 13.3 Å². The van der Waals surface area contributed by atoms with Crippen LogP contribution in [0.2, 0.25) is 0 Å². The maximum absolute atomic E-state index is 13.0. The normalized spacial score (nSPS) is 13.9. The molecule has 2 aliphatic heterocycles. The lowest BCUT2D eigenvalue weighted by molar-refractivity contribution is 0.0734. The van der Waals surface area contributed by atoms with Gasteiger partial charge in [0.2, 0.25) is 6.79 Å². The van der Waals surface area contributed by atoms with Crippen molar-refractivity contribution in [1.82, 2.24) is 15.2 Å². The molecular formula is C27H25N3O4. The lowest BCUT2D eigenvalue weighted by Gasteiger charge is -2.30. The van der Waals surface area contributed by atoms with Crippen LogP contribution in [0.3, 0.4) is 0 Å². The molecule has 1 N–H and O–H groups in total. The Morgan fingerprint density at radius 3 is 2.68 bits per heavy atom. The van der Waals surface area contributed by atoms with Crippen molar-refractivity contribution in [3.8, 4) is 11.5 Å². The number of carbonyl (C=O) groups excluding carboxylic acids is 2. The molecule has 0 fully saturated rings. The summed E-state index contributed by atoms with van der Waals surface area (Å²) in [5, 5.41) is 3.00. The number of aromatic nitrogens is 1. The Kier molecular flexibility index (Phi) is 5.76. The van der Waals surface area contributed by atoms with E-state index >= 15 is 0 Å². The van der Waals surface area contributed by atoms with Gasteiger partial charge in [0.15, 0.2) is 11.5 Å². The first-order valence-electron chi connectivity index (χ1n) is 11.2. The van der Waals surface area contributed by atoms with E-state index < -0.39 is 0 Å². The van der Waals surface area contributed by atoms with Gasteiger partial charge in [-0.25, -0.2) is 0 Å². The first-order chi connectivity index (χ1) is 16.5. The fraction of sp³-hybridized carbons (Fsp3) is 0.222. The smallest absolute Gasteiger partial charge is 0.254 e. The van der Waals surface area contributed by atoms with Gasteiger partial charge >= 0.3 is 0 Å². The summed E-state index contributed by atoms with van der Waals surface area (Å²) >= 11 is 0. The number of hydrogen-bond acceptors (Lipinski definition) is 5. The van der Waals surface area contributed by atoms with E-state index in [1.54, 1.807) is 24.3 Å². The van der Waals surface area contributed by atoms with Gasteiger partial charge in [0.25, 0.3) is 11.8 Å². The molecule has 2 aromatic carbocycles. The lowest BCUT2D eigenvalue weighted by Crippen LogP contribution is -2.37. The zero-order valence-corrected chi connectivity index (χ0v) is 19.0. The summed E-state index contributed by atoms with van der Waals surface area (Å²) in [5.74, 6) is 1.03. The number of carbonyl (C=O) groups is 2. The number of amides is 2. The van der Waals surface area contributed by atoms with Gasteiger partial charge in [-0.15, -0.1) is 0 Å². The predicted octanol–water partition coefficient (Wildman–Crippen LogP) is 3.89. The summed E-state index contributed by atoms with van der Waals surface area (Å²) in [6.45, 7) is 7.34. The maximum Gasteiger partial charge on any atom is 0.254 e. The van der Waals surface area contributed by atoms with Gasteiger partial charge in [0, 0.05) is 42.7 Å². The topological polar surface area (TPSA) is 80.8 Å². The second-order valence-corrected chi connectivity index (χ2v) is 8.38. The van der Waals surface area contributed by atoms with Crippen molar-refractivity contribution in [2.45, 2.75) is 26.4 Å². The van der Waals surface area contributed by atoms with E-state index in [-0.39, 0.29) is 18.6 Å². The first-order valence-corrected chi connectivity index (χ1v) is 11.2. The molecule has 0 unspecified atom stereocenters. The molecule has 7 nitrogen and oxygen atoms in total. The summed E-state index contributed by atoms with van der Waals surface area (Å²) < 4.78 is 10.7. The highest BCUT2D eigenvalue weighted by molar-refractivity contribution is 5.95. The van der Waals surface area contributed by atoms with Gasteiger partial charge in [-0.1, -0.05) is 24.8 Å². The van der Waals surface area contributed by atoms with E-state index in [0.717, 1.165) is 27.9 Å². The van der Waals surface area contributed by atoms with Gasteiger partial charge < -0.3 is 19.7 Å².